The smallest absolute Gasteiger partial charge is 0.251 e. The highest BCUT2D eigenvalue weighted by molar-refractivity contribution is 5.93. The molecule has 1 N–H and O–H groups in total. The van der Waals surface area contributed by atoms with Crippen LogP contribution < -0.4 is 5.32 Å². The van der Waals surface area contributed by atoms with E-state index in [0.717, 1.165) is 6.07 Å². The van der Waals surface area contributed by atoms with Gasteiger partial charge in [-0.05, 0) is 24.3 Å². The fourth-order valence-corrected chi connectivity index (χ4v) is 1.54. The van der Waals surface area contributed by atoms with Crippen LogP contribution in [0.3, 0.4) is 0 Å². The van der Waals surface area contributed by atoms with Gasteiger partial charge in [0.05, 0.1) is 11.6 Å². The number of hydrogen-bond donors (Lipinski definition) is 1. The van der Waals surface area contributed by atoms with E-state index in [2.05, 4.69) is 10.3 Å². The minimum atomic E-state index is -0.505. The second kappa shape index (κ2) is 5.74. The average Bonchev–Trinajstić information content (AvgIpc) is 2.46. The van der Waals surface area contributed by atoms with E-state index in [1.54, 1.807) is 12.1 Å². The molecule has 1 amide bonds. The van der Waals surface area contributed by atoms with Gasteiger partial charge in [-0.25, -0.2) is 4.39 Å². The first kappa shape index (κ1) is 12.7. The molecule has 0 aliphatic heterocycles. The number of pyridine rings is 1. The molecule has 0 radical (unpaired) electrons. The van der Waals surface area contributed by atoms with E-state index in [9.17, 15) is 9.18 Å². The van der Waals surface area contributed by atoms with Crippen LogP contribution in [0.15, 0.2) is 42.7 Å². The molecule has 4 nitrogen and oxygen atoms in total. The molecule has 2 rings (SSSR count). The lowest BCUT2D eigenvalue weighted by atomic mass is 10.1. The standard InChI is InChI=1S/C14H10FN3O/c15-13-7-10(8-16)1-2-12(13)9-18-14(19)11-3-5-17-6-4-11/h1-7H,9H2,(H,18,19). The summed E-state index contributed by atoms with van der Waals surface area (Å²) in [6.07, 6.45) is 3.02. The molecular weight excluding hydrogens is 245 g/mol. The second-order valence-electron chi connectivity index (χ2n) is 3.84. The van der Waals surface area contributed by atoms with Gasteiger partial charge in [-0.2, -0.15) is 5.26 Å². The SMILES string of the molecule is N#Cc1ccc(CNC(=O)c2ccncc2)c(F)c1. The summed E-state index contributed by atoms with van der Waals surface area (Å²) >= 11 is 0. The topological polar surface area (TPSA) is 65.8 Å². The van der Waals surface area contributed by atoms with E-state index in [-0.39, 0.29) is 18.0 Å². The molecular formula is C14H10FN3O. The molecule has 0 aliphatic carbocycles. The number of amides is 1. The molecule has 0 unspecified atom stereocenters. The Labute approximate surface area is 109 Å². The summed E-state index contributed by atoms with van der Waals surface area (Å²) in [5.74, 6) is -0.805. The van der Waals surface area contributed by atoms with Gasteiger partial charge in [0.15, 0.2) is 0 Å². The summed E-state index contributed by atoms with van der Waals surface area (Å²) in [5, 5.41) is 11.2. The molecule has 0 spiro atoms. The van der Waals surface area contributed by atoms with Gasteiger partial charge in [0, 0.05) is 30.1 Å². The van der Waals surface area contributed by atoms with Gasteiger partial charge in [0.2, 0.25) is 0 Å². The first-order valence-electron chi connectivity index (χ1n) is 5.57. The maximum absolute atomic E-state index is 13.6. The van der Waals surface area contributed by atoms with Crippen molar-refractivity contribution in [2.45, 2.75) is 6.54 Å². The minimum absolute atomic E-state index is 0.0682. The lowest BCUT2D eigenvalue weighted by Crippen LogP contribution is -2.23. The molecule has 0 fully saturated rings. The van der Waals surface area contributed by atoms with E-state index >= 15 is 0 Å². The van der Waals surface area contributed by atoms with Crippen LogP contribution in [-0.4, -0.2) is 10.9 Å². The minimum Gasteiger partial charge on any atom is -0.348 e. The summed E-state index contributed by atoms with van der Waals surface area (Å²) in [7, 11) is 0. The third-order valence-electron chi connectivity index (χ3n) is 2.56. The summed E-state index contributed by atoms with van der Waals surface area (Å²) in [6.45, 7) is 0.0682. The largest absolute Gasteiger partial charge is 0.348 e. The Hall–Kier alpha value is -2.74. The lowest BCUT2D eigenvalue weighted by molar-refractivity contribution is 0.0950. The Balaban J connectivity index is 2.04. The number of aromatic nitrogens is 1. The van der Waals surface area contributed by atoms with E-state index < -0.39 is 5.82 Å². The van der Waals surface area contributed by atoms with Gasteiger partial charge < -0.3 is 5.32 Å². The molecule has 0 bridgehead atoms. The van der Waals surface area contributed by atoms with Crippen molar-refractivity contribution in [1.29, 1.82) is 5.26 Å². The van der Waals surface area contributed by atoms with Crippen LogP contribution in [0.4, 0.5) is 4.39 Å². The average molecular weight is 255 g/mol. The number of nitrogens with zero attached hydrogens (tertiary/aromatic N) is 2. The molecule has 5 heteroatoms. The van der Waals surface area contributed by atoms with E-state index in [0.29, 0.717) is 11.1 Å². The van der Waals surface area contributed by atoms with E-state index in [4.69, 9.17) is 5.26 Å². The van der Waals surface area contributed by atoms with Crippen molar-refractivity contribution in [3.63, 3.8) is 0 Å². The zero-order valence-electron chi connectivity index (χ0n) is 9.93. The van der Waals surface area contributed by atoms with Crippen LogP contribution >= 0.6 is 0 Å². The number of nitriles is 1. The first-order chi connectivity index (χ1) is 9.20. The Morgan fingerprint density at radius 2 is 2.05 bits per heavy atom. The van der Waals surface area contributed by atoms with Crippen molar-refractivity contribution >= 4 is 5.91 Å². The third kappa shape index (κ3) is 3.13. The van der Waals surface area contributed by atoms with Crippen LogP contribution in [-0.2, 0) is 6.54 Å². The van der Waals surface area contributed by atoms with Crippen molar-refractivity contribution in [2.24, 2.45) is 0 Å². The van der Waals surface area contributed by atoms with Gasteiger partial charge in [-0.3, -0.25) is 9.78 Å². The maximum atomic E-state index is 13.6. The van der Waals surface area contributed by atoms with Crippen molar-refractivity contribution < 1.29 is 9.18 Å². The predicted molar refractivity (Wildman–Crippen MR) is 66.5 cm³/mol. The molecule has 1 aromatic carbocycles. The monoisotopic (exact) mass is 255 g/mol. The molecule has 0 atom stereocenters. The van der Waals surface area contributed by atoms with Gasteiger partial charge in [-0.1, -0.05) is 6.07 Å². The highest BCUT2D eigenvalue weighted by atomic mass is 19.1. The van der Waals surface area contributed by atoms with E-state index in [1.807, 2.05) is 6.07 Å². The quantitative estimate of drug-likeness (QED) is 0.912. The molecule has 0 saturated carbocycles. The van der Waals surface area contributed by atoms with Gasteiger partial charge >= 0.3 is 0 Å². The number of carbonyl (C=O) groups is 1. The summed E-state index contributed by atoms with van der Waals surface area (Å²) in [6, 6.07) is 9.14. The highest BCUT2D eigenvalue weighted by Crippen LogP contribution is 2.10. The fraction of sp³-hybridized carbons (Fsp3) is 0.0714. The van der Waals surface area contributed by atoms with E-state index in [1.165, 1.54) is 24.5 Å². The van der Waals surface area contributed by atoms with Gasteiger partial charge in [0.1, 0.15) is 5.82 Å². The Morgan fingerprint density at radius 3 is 2.68 bits per heavy atom. The lowest BCUT2D eigenvalue weighted by Gasteiger charge is -2.06. The summed E-state index contributed by atoms with van der Waals surface area (Å²) < 4.78 is 13.6. The van der Waals surface area contributed by atoms with Crippen LogP contribution in [0.1, 0.15) is 21.5 Å². The number of benzene rings is 1. The maximum Gasteiger partial charge on any atom is 0.251 e. The fourth-order valence-electron chi connectivity index (χ4n) is 1.54. The normalized spacial score (nSPS) is 9.68. The Morgan fingerprint density at radius 1 is 1.32 bits per heavy atom. The highest BCUT2D eigenvalue weighted by Gasteiger charge is 2.07. The van der Waals surface area contributed by atoms with Crippen LogP contribution in [0, 0.1) is 17.1 Å². The Bertz CT molecular complexity index is 635. The number of hydrogen-bond acceptors (Lipinski definition) is 3. The molecule has 0 saturated heterocycles. The molecule has 2 aromatic rings. The first-order valence-corrected chi connectivity index (χ1v) is 5.57. The Kier molecular flexibility index (Phi) is 3.84. The zero-order valence-corrected chi connectivity index (χ0v) is 9.93. The second-order valence-corrected chi connectivity index (χ2v) is 3.84. The predicted octanol–water partition coefficient (Wildman–Crippen LogP) is 2.02. The molecule has 0 aliphatic rings. The van der Waals surface area contributed by atoms with Gasteiger partial charge in [-0.15, -0.1) is 0 Å². The molecule has 1 heterocycles. The number of rotatable bonds is 3. The summed E-state index contributed by atoms with van der Waals surface area (Å²) in [5.41, 5.74) is 1.05. The van der Waals surface area contributed by atoms with Crippen LogP contribution in [0.25, 0.3) is 0 Å². The summed E-state index contributed by atoms with van der Waals surface area (Å²) in [4.78, 5) is 15.5. The van der Waals surface area contributed by atoms with Crippen molar-refractivity contribution in [2.75, 3.05) is 0 Å². The number of halogens is 1. The molecule has 1 aromatic heterocycles. The third-order valence-corrected chi connectivity index (χ3v) is 2.56. The molecule has 19 heavy (non-hydrogen) atoms. The zero-order chi connectivity index (χ0) is 13.7. The van der Waals surface area contributed by atoms with Crippen molar-refractivity contribution in [3.8, 4) is 6.07 Å². The molecule has 94 valence electrons. The van der Waals surface area contributed by atoms with Gasteiger partial charge in [0.25, 0.3) is 5.91 Å². The number of nitrogens with one attached hydrogen (secondary N) is 1. The number of carbonyl (C=O) groups excluding carboxylic acids is 1. The van der Waals surface area contributed by atoms with Crippen molar-refractivity contribution in [3.05, 3.63) is 65.2 Å². The van der Waals surface area contributed by atoms with Crippen LogP contribution in [0.2, 0.25) is 0 Å². The van der Waals surface area contributed by atoms with Crippen molar-refractivity contribution in [1.82, 2.24) is 10.3 Å². The van der Waals surface area contributed by atoms with Crippen LogP contribution in [0.5, 0.6) is 0 Å².